The van der Waals surface area contributed by atoms with Crippen LogP contribution in [0.4, 0.5) is 11.4 Å². The van der Waals surface area contributed by atoms with Gasteiger partial charge in [0.25, 0.3) is 5.69 Å². The summed E-state index contributed by atoms with van der Waals surface area (Å²) in [7, 11) is 0. The molecular formula is C13H15ClN4O3S. The van der Waals surface area contributed by atoms with E-state index < -0.39 is 4.92 Å². The minimum absolute atomic E-state index is 0.00890. The molecular weight excluding hydrogens is 328 g/mol. The van der Waals surface area contributed by atoms with E-state index in [9.17, 15) is 14.9 Å². The molecule has 0 atom stereocenters. The molecule has 0 unspecified atom stereocenters. The maximum atomic E-state index is 11.2. The van der Waals surface area contributed by atoms with Crippen molar-refractivity contribution in [1.82, 2.24) is 10.2 Å². The number of thiocarbonyl (C=S) groups is 1. The van der Waals surface area contributed by atoms with Gasteiger partial charge in [0, 0.05) is 44.2 Å². The van der Waals surface area contributed by atoms with Gasteiger partial charge in [-0.25, -0.2) is 0 Å². The van der Waals surface area contributed by atoms with Crippen LogP contribution in [0.5, 0.6) is 0 Å². The topological polar surface area (TPSA) is 78.7 Å². The number of nitrogens with one attached hydrogen (secondary N) is 1. The van der Waals surface area contributed by atoms with Crippen LogP contribution in [0.2, 0.25) is 5.02 Å². The van der Waals surface area contributed by atoms with Crippen molar-refractivity contribution in [1.29, 1.82) is 0 Å². The minimum atomic E-state index is -0.435. The largest absolute Gasteiger partial charge is 0.362 e. The minimum Gasteiger partial charge on any atom is -0.362 e. The highest BCUT2D eigenvalue weighted by atomic mass is 35.5. The summed E-state index contributed by atoms with van der Waals surface area (Å²) in [5.74, 6) is -0.208. The third-order valence-corrected chi connectivity index (χ3v) is 3.92. The molecule has 0 bridgehead atoms. The van der Waals surface area contributed by atoms with E-state index in [0.29, 0.717) is 42.0 Å². The molecule has 1 amide bonds. The van der Waals surface area contributed by atoms with Crippen LogP contribution in [0, 0.1) is 10.1 Å². The zero-order valence-electron chi connectivity index (χ0n) is 11.9. The summed E-state index contributed by atoms with van der Waals surface area (Å²) in [4.78, 5) is 25.5. The van der Waals surface area contributed by atoms with E-state index in [-0.39, 0.29) is 11.6 Å². The van der Waals surface area contributed by atoms with Gasteiger partial charge >= 0.3 is 0 Å². The summed E-state index contributed by atoms with van der Waals surface area (Å²) < 4.78 is 0. The molecule has 1 saturated heterocycles. The number of piperazine rings is 1. The standard InChI is InChI=1S/C13H15ClN4O3S/c1-9(19)15-13(22)17-6-4-16(5-7-17)11-3-2-10(14)8-12(11)18(20)21/h2-3,8H,4-7H2,1H3,(H,15,19,22). The molecule has 0 aromatic heterocycles. The molecule has 1 aromatic carbocycles. The van der Waals surface area contributed by atoms with E-state index in [4.69, 9.17) is 23.8 Å². The molecule has 118 valence electrons. The number of nitrogens with zero attached hydrogens (tertiary/aromatic N) is 3. The highest BCUT2D eigenvalue weighted by Gasteiger charge is 2.25. The Labute approximate surface area is 138 Å². The lowest BCUT2D eigenvalue weighted by atomic mass is 10.2. The monoisotopic (exact) mass is 342 g/mol. The second-order valence-electron chi connectivity index (χ2n) is 4.85. The van der Waals surface area contributed by atoms with Gasteiger partial charge < -0.3 is 15.1 Å². The normalized spacial score (nSPS) is 14.6. The summed E-state index contributed by atoms with van der Waals surface area (Å²) in [6.07, 6.45) is 0. The molecule has 0 radical (unpaired) electrons. The van der Waals surface area contributed by atoms with Crippen molar-refractivity contribution in [3.63, 3.8) is 0 Å². The molecule has 22 heavy (non-hydrogen) atoms. The Morgan fingerprint density at radius 1 is 1.36 bits per heavy atom. The molecule has 2 rings (SSSR count). The Kier molecular flexibility index (Phi) is 5.15. The first-order chi connectivity index (χ1) is 10.4. The SMILES string of the molecule is CC(=O)NC(=S)N1CCN(c2ccc(Cl)cc2[N+](=O)[O-])CC1. The van der Waals surface area contributed by atoms with Crippen molar-refractivity contribution >= 4 is 46.2 Å². The van der Waals surface area contributed by atoms with Crippen LogP contribution in [-0.4, -0.2) is 47.0 Å². The zero-order chi connectivity index (χ0) is 16.3. The number of amides is 1. The maximum Gasteiger partial charge on any atom is 0.294 e. The molecule has 1 aliphatic rings. The Hall–Kier alpha value is -1.93. The number of hydrogen-bond acceptors (Lipinski definition) is 5. The molecule has 1 fully saturated rings. The van der Waals surface area contributed by atoms with E-state index in [1.807, 2.05) is 9.80 Å². The van der Waals surface area contributed by atoms with Gasteiger partial charge in [-0.05, 0) is 24.4 Å². The van der Waals surface area contributed by atoms with Gasteiger partial charge in [-0.2, -0.15) is 0 Å². The van der Waals surface area contributed by atoms with Crippen LogP contribution in [0.25, 0.3) is 0 Å². The van der Waals surface area contributed by atoms with Crippen molar-refractivity contribution in [3.05, 3.63) is 33.3 Å². The number of nitro benzene ring substituents is 1. The Balaban J connectivity index is 2.07. The van der Waals surface area contributed by atoms with E-state index in [0.717, 1.165) is 0 Å². The second kappa shape index (κ2) is 6.89. The summed E-state index contributed by atoms with van der Waals surface area (Å²) in [6, 6.07) is 4.64. The van der Waals surface area contributed by atoms with Crippen molar-refractivity contribution in [3.8, 4) is 0 Å². The van der Waals surface area contributed by atoms with Crippen molar-refractivity contribution < 1.29 is 9.72 Å². The lowest BCUT2D eigenvalue weighted by Crippen LogP contribution is -2.52. The van der Waals surface area contributed by atoms with Crippen molar-refractivity contribution in [2.24, 2.45) is 0 Å². The lowest BCUT2D eigenvalue weighted by molar-refractivity contribution is -0.384. The van der Waals surface area contributed by atoms with Crippen molar-refractivity contribution in [2.75, 3.05) is 31.1 Å². The number of rotatable bonds is 2. The molecule has 0 saturated carbocycles. The van der Waals surface area contributed by atoms with Gasteiger partial charge in [-0.1, -0.05) is 11.6 Å². The molecule has 1 aliphatic heterocycles. The second-order valence-corrected chi connectivity index (χ2v) is 5.67. The molecule has 9 heteroatoms. The number of hydrogen-bond donors (Lipinski definition) is 1. The average molecular weight is 343 g/mol. The summed E-state index contributed by atoms with van der Waals surface area (Å²) >= 11 is 11.0. The first kappa shape index (κ1) is 16.4. The van der Waals surface area contributed by atoms with Crippen LogP contribution >= 0.6 is 23.8 Å². The average Bonchev–Trinajstić information content (AvgIpc) is 2.46. The van der Waals surface area contributed by atoms with Crippen LogP contribution in [0.3, 0.4) is 0 Å². The predicted octanol–water partition coefficient (Wildman–Crippen LogP) is 1.79. The first-order valence-corrected chi connectivity index (χ1v) is 7.42. The third kappa shape index (κ3) is 3.83. The maximum absolute atomic E-state index is 11.2. The number of benzene rings is 1. The summed E-state index contributed by atoms with van der Waals surface area (Å²) in [5.41, 5.74) is 0.532. The van der Waals surface area contributed by atoms with E-state index in [2.05, 4.69) is 5.32 Å². The highest BCUT2D eigenvalue weighted by Crippen LogP contribution is 2.31. The van der Waals surface area contributed by atoms with Gasteiger partial charge in [0.15, 0.2) is 5.11 Å². The van der Waals surface area contributed by atoms with Gasteiger partial charge in [0.2, 0.25) is 5.91 Å². The van der Waals surface area contributed by atoms with Crippen molar-refractivity contribution in [2.45, 2.75) is 6.92 Å². The van der Waals surface area contributed by atoms with E-state index in [1.54, 1.807) is 12.1 Å². The van der Waals surface area contributed by atoms with Crippen LogP contribution < -0.4 is 10.2 Å². The third-order valence-electron chi connectivity index (χ3n) is 3.32. The van der Waals surface area contributed by atoms with Crippen LogP contribution in [0.1, 0.15) is 6.92 Å². The van der Waals surface area contributed by atoms with Gasteiger partial charge in [-0.15, -0.1) is 0 Å². The summed E-state index contributed by atoms with van der Waals surface area (Å²) in [5, 5.41) is 14.5. The fourth-order valence-corrected chi connectivity index (χ4v) is 2.78. The first-order valence-electron chi connectivity index (χ1n) is 6.64. The molecule has 1 heterocycles. The van der Waals surface area contributed by atoms with Crippen LogP contribution in [-0.2, 0) is 4.79 Å². The molecule has 0 aliphatic carbocycles. The number of carbonyl (C=O) groups is 1. The number of carbonyl (C=O) groups excluding carboxylic acids is 1. The fourth-order valence-electron chi connectivity index (χ4n) is 2.29. The van der Waals surface area contributed by atoms with Gasteiger partial charge in [-0.3, -0.25) is 14.9 Å². The quantitative estimate of drug-likeness (QED) is 0.501. The molecule has 1 N–H and O–H groups in total. The zero-order valence-corrected chi connectivity index (χ0v) is 13.5. The molecule has 0 spiro atoms. The predicted molar refractivity (Wildman–Crippen MR) is 88.3 cm³/mol. The van der Waals surface area contributed by atoms with E-state index >= 15 is 0 Å². The van der Waals surface area contributed by atoms with Gasteiger partial charge in [0.05, 0.1) is 4.92 Å². The summed E-state index contributed by atoms with van der Waals surface area (Å²) in [6.45, 7) is 3.71. The molecule has 7 nitrogen and oxygen atoms in total. The van der Waals surface area contributed by atoms with E-state index in [1.165, 1.54) is 13.0 Å². The number of anilines is 1. The highest BCUT2D eigenvalue weighted by molar-refractivity contribution is 7.80. The fraction of sp³-hybridized carbons (Fsp3) is 0.385. The number of halogens is 1. The van der Waals surface area contributed by atoms with Gasteiger partial charge in [0.1, 0.15) is 5.69 Å². The smallest absolute Gasteiger partial charge is 0.294 e. The Morgan fingerprint density at radius 2 is 2.00 bits per heavy atom. The molecule has 1 aromatic rings. The van der Waals surface area contributed by atoms with Crippen LogP contribution in [0.15, 0.2) is 18.2 Å². The lowest BCUT2D eigenvalue weighted by Gasteiger charge is -2.36. The number of nitro groups is 1. The Bertz CT molecular complexity index is 617. The Morgan fingerprint density at radius 3 is 2.55 bits per heavy atom.